The first-order valence-electron chi connectivity index (χ1n) is 10.5. The van der Waals surface area contributed by atoms with Gasteiger partial charge in [0.1, 0.15) is 12.6 Å². The van der Waals surface area contributed by atoms with E-state index < -0.39 is 0 Å². The Labute approximate surface area is 176 Å². The molecule has 0 aromatic heterocycles. The molecule has 6 heteroatoms. The van der Waals surface area contributed by atoms with Crippen molar-refractivity contribution in [3.63, 3.8) is 0 Å². The summed E-state index contributed by atoms with van der Waals surface area (Å²) in [4.78, 5) is 41.0. The number of rotatable bonds is 5. The van der Waals surface area contributed by atoms with Crippen LogP contribution in [0.4, 0.5) is 0 Å². The molecule has 2 heterocycles. The Balaban J connectivity index is 1.35. The molecule has 0 spiro atoms. The van der Waals surface area contributed by atoms with E-state index in [1.54, 1.807) is 21.9 Å². The molecule has 0 radical (unpaired) electrons. The van der Waals surface area contributed by atoms with E-state index in [1.807, 2.05) is 43.3 Å². The van der Waals surface area contributed by atoms with Crippen molar-refractivity contribution >= 4 is 17.7 Å². The van der Waals surface area contributed by atoms with Crippen molar-refractivity contribution in [2.24, 2.45) is 0 Å². The summed E-state index contributed by atoms with van der Waals surface area (Å²) >= 11 is 0. The minimum absolute atomic E-state index is 0.0337. The van der Waals surface area contributed by atoms with Crippen molar-refractivity contribution in [3.8, 4) is 0 Å². The molecule has 2 aromatic rings. The minimum Gasteiger partial charge on any atom is -0.348 e. The van der Waals surface area contributed by atoms with Gasteiger partial charge in [0.25, 0.3) is 5.91 Å². The van der Waals surface area contributed by atoms with Gasteiger partial charge < -0.3 is 15.1 Å². The first-order valence-corrected chi connectivity index (χ1v) is 10.5. The summed E-state index contributed by atoms with van der Waals surface area (Å²) < 4.78 is 0. The van der Waals surface area contributed by atoms with Gasteiger partial charge in [-0.1, -0.05) is 42.0 Å². The molecule has 2 aromatic carbocycles. The van der Waals surface area contributed by atoms with Crippen LogP contribution in [0.5, 0.6) is 0 Å². The van der Waals surface area contributed by atoms with Crippen LogP contribution >= 0.6 is 0 Å². The third-order valence-corrected chi connectivity index (χ3v) is 5.91. The standard InChI is InChI=1S/C24H27N3O3/c1-17-5-7-18(8-6-17)14-25-23(29)20-11-9-19(10-12-20)15-26-16-22(28)27-13-3-2-4-21(27)24(26)30/h5-12,21H,2-4,13-16H2,1H3,(H,25,29)/t21-/m0/s1. The molecule has 0 bridgehead atoms. The molecular formula is C24H27N3O3. The van der Waals surface area contributed by atoms with Crippen LogP contribution in [0.2, 0.25) is 0 Å². The van der Waals surface area contributed by atoms with Crippen molar-refractivity contribution in [1.29, 1.82) is 0 Å². The number of hydrogen-bond acceptors (Lipinski definition) is 3. The fourth-order valence-corrected chi connectivity index (χ4v) is 4.14. The van der Waals surface area contributed by atoms with Crippen molar-refractivity contribution in [2.75, 3.05) is 13.1 Å². The smallest absolute Gasteiger partial charge is 0.251 e. The number of amides is 3. The second kappa shape index (κ2) is 8.69. The van der Waals surface area contributed by atoms with E-state index in [1.165, 1.54) is 5.56 Å². The molecular weight excluding hydrogens is 378 g/mol. The van der Waals surface area contributed by atoms with Crippen molar-refractivity contribution in [3.05, 3.63) is 70.8 Å². The Bertz CT molecular complexity index is 937. The number of hydrogen-bond donors (Lipinski definition) is 1. The van der Waals surface area contributed by atoms with Crippen LogP contribution in [-0.2, 0) is 22.7 Å². The summed E-state index contributed by atoms with van der Waals surface area (Å²) in [6.07, 6.45) is 2.71. The summed E-state index contributed by atoms with van der Waals surface area (Å²) in [6, 6.07) is 15.0. The third kappa shape index (κ3) is 4.37. The Morgan fingerprint density at radius 3 is 2.43 bits per heavy atom. The first kappa shape index (κ1) is 20.1. The van der Waals surface area contributed by atoms with Crippen LogP contribution < -0.4 is 5.32 Å². The molecule has 2 fully saturated rings. The molecule has 2 aliphatic rings. The molecule has 30 heavy (non-hydrogen) atoms. The van der Waals surface area contributed by atoms with E-state index >= 15 is 0 Å². The van der Waals surface area contributed by atoms with Gasteiger partial charge >= 0.3 is 0 Å². The van der Waals surface area contributed by atoms with E-state index in [0.29, 0.717) is 25.2 Å². The number of benzene rings is 2. The highest BCUT2D eigenvalue weighted by Crippen LogP contribution is 2.24. The lowest BCUT2D eigenvalue weighted by Gasteiger charge is -2.42. The van der Waals surface area contributed by atoms with Gasteiger partial charge in [0.05, 0.1) is 0 Å². The second-order valence-corrected chi connectivity index (χ2v) is 8.16. The summed E-state index contributed by atoms with van der Waals surface area (Å²) in [7, 11) is 0. The number of piperidine rings is 1. The highest BCUT2D eigenvalue weighted by atomic mass is 16.2. The van der Waals surface area contributed by atoms with Gasteiger partial charge in [-0.2, -0.15) is 0 Å². The maximum absolute atomic E-state index is 12.8. The average Bonchev–Trinajstić information content (AvgIpc) is 2.77. The van der Waals surface area contributed by atoms with Crippen LogP contribution in [0.3, 0.4) is 0 Å². The topological polar surface area (TPSA) is 69.7 Å². The molecule has 1 atom stereocenters. The van der Waals surface area contributed by atoms with Gasteiger partial charge in [-0.15, -0.1) is 0 Å². The molecule has 0 saturated carbocycles. The zero-order valence-corrected chi connectivity index (χ0v) is 17.3. The molecule has 2 saturated heterocycles. The van der Waals surface area contributed by atoms with Crippen molar-refractivity contribution in [1.82, 2.24) is 15.1 Å². The van der Waals surface area contributed by atoms with Crippen LogP contribution in [-0.4, -0.2) is 46.7 Å². The zero-order valence-electron chi connectivity index (χ0n) is 17.3. The third-order valence-electron chi connectivity index (χ3n) is 5.91. The predicted molar refractivity (Wildman–Crippen MR) is 114 cm³/mol. The minimum atomic E-state index is -0.299. The molecule has 4 rings (SSSR count). The van der Waals surface area contributed by atoms with Crippen molar-refractivity contribution in [2.45, 2.75) is 45.3 Å². The Morgan fingerprint density at radius 1 is 1.00 bits per heavy atom. The number of nitrogens with one attached hydrogen (secondary N) is 1. The highest BCUT2D eigenvalue weighted by molar-refractivity contribution is 5.95. The number of carbonyl (C=O) groups is 3. The summed E-state index contributed by atoms with van der Waals surface area (Å²) in [5, 5.41) is 2.93. The maximum Gasteiger partial charge on any atom is 0.251 e. The van der Waals surface area contributed by atoms with Gasteiger partial charge in [-0.05, 0) is 49.4 Å². The number of carbonyl (C=O) groups excluding carboxylic acids is 3. The average molecular weight is 405 g/mol. The van der Waals surface area contributed by atoms with Gasteiger partial charge in [0.2, 0.25) is 11.8 Å². The lowest BCUT2D eigenvalue weighted by atomic mass is 9.98. The molecule has 6 nitrogen and oxygen atoms in total. The van der Waals surface area contributed by atoms with Gasteiger partial charge in [0.15, 0.2) is 0 Å². The molecule has 2 aliphatic heterocycles. The molecule has 0 unspecified atom stereocenters. The Kier molecular flexibility index (Phi) is 5.84. The van der Waals surface area contributed by atoms with E-state index in [-0.39, 0.29) is 30.3 Å². The number of aryl methyl sites for hydroxylation is 1. The normalized spacial score (nSPS) is 18.9. The maximum atomic E-state index is 12.8. The molecule has 0 aliphatic carbocycles. The van der Waals surface area contributed by atoms with Crippen molar-refractivity contribution < 1.29 is 14.4 Å². The monoisotopic (exact) mass is 405 g/mol. The van der Waals surface area contributed by atoms with Crippen LogP contribution in [0.25, 0.3) is 0 Å². The summed E-state index contributed by atoms with van der Waals surface area (Å²) in [5.74, 6) is -0.0650. The van der Waals surface area contributed by atoms with E-state index in [0.717, 1.165) is 30.4 Å². The number of nitrogens with zero attached hydrogens (tertiary/aromatic N) is 2. The lowest BCUT2D eigenvalue weighted by Crippen LogP contribution is -2.60. The second-order valence-electron chi connectivity index (χ2n) is 8.16. The van der Waals surface area contributed by atoms with Gasteiger partial charge in [0, 0.05) is 25.2 Å². The largest absolute Gasteiger partial charge is 0.348 e. The zero-order chi connectivity index (χ0) is 21.1. The first-order chi connectivity index (χ1) is 14.5. The Hall–Kier alpha value is -3.15. The fraction of sp³-hybridized carbons (Fsp3) is 0.375. The van der Waals surface area contributed by atoms with Crippen LogP contribution in [0.1, 0.15) is 46.3 Å². The quantitative estimate of drug-likeness (QED) is 0.832. The van der Waals surface area contributed by atoms with E-state index in [9.17, 15) is 14.4 Å². The summed E-state index contributed by atoms with van der Waals surface area (Å²) in [5.41, 5.74) is 3.72. The van der Waals surface area contributed by atoms with Crippen LogP contribution in [0.15, 0.2) is 48.5 Å². The lowest BCUT2D eigenvalue weighted by molar-refractivity contribution is -0.158. The number of piperazine rings is 1. The SMILES string of the molecule is Cc1ccc(CNC(=O)c2ccc(CN3CC(=O)N4CCCC[C@H]4C3=O)cc2)cc1. The van der Waals surface area contributed by atoms with Gasteiger partial charge in [-0.25, -0.2) is 0 Å². The highest BCUT2D eigenvalue weighted by Gasteiger charge is 2.40. The van der Waals surface area contributed by atoms with Crippen LogP contribution in [0, 0.1) is 6.92 Å². The molecule has 156 valence electrons. The number of fused-ring (bicyclic) bond motifs is 1. The predicted octanol–water partition coefficient (Wildman–Crippen LogP) is 2.65. The van der Waals surface area contributed by atoms with Gasteiger partial charge in [-0.3, -0.25) is 14.4 Å². The summed E-state index contributed by atoms with van der Waals surface area (Å²) in [6.45, 7) is 3.72. The Morgan fingerprint density at radius 2 is 1.70 bits per heavy atom. The molecule has 1 N–H and O–H groups in total. The fourth-order valence-electron chi connectivity index (χ4n) is 4.14. The van der Waals surface area contributed by atoms with E-state index in [2.05, 4.69) is 5.32 Å². The van der Waals surface area contributed by atoms with E-state index in [4.69, 9.17) is 0 Å². The molecule has 3 amide bonds.